The number of nitrogens with one attached hydrogen (secondary N) is 1. The van der Waals surface area contributed by atoms with Gasteiger partial charge in [0, 0.05) is 50.5 Å². The number of hydrogen-bond donors (Lipinski definition) is 2. The molecule has 1 aliphatic carbocycles. The van der Waals surface area contributed by atoms with Crippen molar-refractivity contribution in [1.82, 2.24) is 19.9 Å². The van der Waals surface area contributed by atoms with Crippen molar-refractivity contribution in [2.75, 3.05) is 49.2 Å². The lowest BCUT2D eigenvalue weighted by molar-refractivity contribution is -0.137. The number of nitrogens with zero attached hydrogens (tertiary/aromatic N) is 5. The van der Waals surface area contributed by atoms with Crippen LogP contribution in [-0.2, 0) is 6.18 Å². The zero-order valence-corrected chi connectivity index (χ0v) is 19.1. The summed E-state index contributed by atoms with van der Waals surface area (Å²) in [7, 11) is 1.69. The molecule has 1 aliphatic heterocycles. The van der Waals surface area contributed by atoms with Gasteiger partial charge in [-0.25, -0.2) is 4.98 Å². The number of pyridine rings is 1. The lowest BCUT2D eigenvalue weighted by Crippen LogP contribution is -2.49. The van der Waals surface area contributed by atoms with E-state index >= 15 is 0 Å². The third kappa shape index (κ3) is 4.22. The number of piperazine rings is 1. The molecule has 0 radical (unpaired) electrons. The molecule has 3 N–H and O–H groups in total. The van der Waals surface area contributed by atoms with Crippen LogP contribution < -0.4 is 16.0 Å². The van der Waals surface area contributed by atoms with E-state index in [1.807, 2.05) is 0 Å². The predicted molar refractivity (Wildman–Crippen MR) is 128 cm³/mol. The number of anilines is 3. The van der Waals surface area contributed by atoms with Gasteiger partial charge in [-0.2, -0.15) is 23.1 Å². The van der Waals surface area contributed by atoms with Crippen molar-refractivity contribution in [3.05, 3.63) is 35.9 Å². The van der Waals surface area contributed by atoms with E-state index in [2.05, 4.69) is 30.1 Å². The van der Waals surface area contributed by atoms with Crippen LogP contribution in [0.4, 0.5) is 30.6 Å². The van der Waals surface area contributed by atoms with E-state index in [9.17, 15) is 13.2 Å². The topological polar surface area (TPSA) is 83.2 Å². The number of halogens is 3. The number of hydrogen-bond acceptors (Lipinski definition) is 7. The molecule has 1 aromatic carbocycles. The summed E-state index contributed by atoms with van der Waals surface area (Å²) in [5, 5.41) is 3.53. The van der Waals surface area contributed by atoms with E-state index in [0.717, 1.165) is 19.2 Å². The Morgan fingerprint density at radius 1 is 0.971 bits per heavy atom. The van der Waals surface area contributed by atoms with Gasteiger partial charge in [-0.05, 0) is 37.1 Å². The fourth-order valence-electron chi connectivity index (χ4n) is 5.26. The second-order valence-electron chi connectivity index (χ2n) is 8.91. The van der Waals surface area contributed by atoms with Gasteiger partial charge in [-0.3, -0.25) is 4.90 Å². The first kappa shape index (κ1) is 22.6. The monoisotopic (exact) mass is 471 g/mol. The van der Waals surface area contributed by atoms with Gasteiger partial charge in [0.25, 0.3) is 0 Å². The van der Waals surface area contributed by atoms with E-state index in [1.54, 1.807) is 25.2 Å². The van der Waals surface area contributed by atoms with Crippen LogP contribution >= 0.6 is 0 Å². The summed E-state index contributed by atoms with van der Waals surface area (Å²) in [5.41, 5.74) is 6.19. The van der Waals surface area contributed by atoms with Crippen molar-refractivity contribution in [1.29, 1.82) is 0 Å². The van der Waals surface area contributed by atoms with Gasteiger partial charge in [-0.15, -0.1) is 0 Å². The average molecular weight is 472 g/mol. The SMILES string of the molecule is CNc1nc(N)nc2nc(-c3c(N4CCN(C5CCCC5)CC4)cccc3C(F)(F)F)ccc12. The normalized spacial score (nSPS) is 18.1. The number of aromatic nitrogens is 3. The molecule has 3 aromatic rings. The molecule has 1 saturated heterocycles. The first-order chi connectivity index (χ1) is 16.3. The smallest absolute Gasteiger partial charge is 0.372 e. The highest BCUT2D eigenvalue weighted by molar-refractivity contribution is 5.90. The number of rotatable bonds is 4. The molecule has 2 aromatic heterocycles. The van der Waals surface area contributed by atoms with Gasteiger partial charge in [-0.1, -0.05) is 18.9 Å². The largest absolute Gasteiger partial charge is 0.417 e. The average Bonchev–Trinajstić information content (AvgIpc) is 3.37. The van der Waals surface area contributed by atoms with Crippen molar-refractivity contribution in [2.24, 2.45) is 0 Å². The molecule has 3 heterocycles. The molecular weight excluding hydrogens is 443 g/mol. The molecule has 180 valence electrons. The molecule has 0 atom stereocenters. The Kier molecular flexibility index (Phi) is 5.93. The minimum Gasteiger partial charge on any atom is -0.372 e. The first-order valence-electron chi connectivity index (χ1n) is 11.7. The maximum atomic E-state index is 14.1. The highest BCUT2D eigenvalue weighted by Crippen LogP contribution is 2.42. The second-order valence-corrected chi connectivity index (χ2v) is 8.91. The maximum Gasteiger partial charge on any atom is 0.417 e. The molecular formula is C24H28F3N7. The molecule has 5 rings (SSSR count). The Labute approximate surface area is 196 Å². The van der Waals surface area contributed by atoms with Crippen molar-refractivity contribution in [3.8, 4) is 11.3 Å². The molecule has 10 heteroatoms. The van der Waals surface area contributed by atoms with Crippen LogP contribution in [0.5, 0.6) is 0 Å². The Bertz CT molecular complexity index is 1180. The van der Waals surface area contributed by atoms with Crippen LogP contribution in [0, 0.1) is 0 Å². The predicted octanol–water partition coefficient (Wildman–Crippen LogP) is 4.40. The van der Waals surface area contributed by atoms with E-state index < -0.39 is 11.7 Å². The molecule has 34 heavy (non-hydrogen) atoms. The molecule has 0 unspecified atom stereocenters. The third-order valence-electron chi connectivity index (χ3n) is 6.91. The zero-order chi connectivity index (χ0) is 23.9. The lowest BCUT2D eigenvalue weighted by atomic mass is 9.99. The van der Waals surface area contributed by atoms with E-state index in [4.69, 9.17) is 5.73 Å². The lowest BCUT2D eigenvalue weighted by Gasteiger charge is -2.40. The van der Waals surface area contributed by atoms with E-state index in [0.29, 0.717) is 36.0 Å². The fourth-order valence-corrected chi connectivity index (χ4v) is 5.26. The Balaban J connectivity index is 1.56. The zero-order valence-electron chi connectivity index (χ0n) is 19.1. The van der Waals surface area contributed by atoms with Crippen LogP contribution in [0.3, 0.4) is 0 Å². The summed E-state index contributed by atoms with van der Waals surface area (Å²) in [6.45, 7) is 3.05. The van der Waals surface area contributed by atoms with Crippen LogP contribution in [0.25, 0.3) is 22.3 Å². The van der Waals surface area contributed by atoms with E-state index in [1.165, 1.54) is 31.7 Å². The standard InChI is InChI=1S/C24H28F3N7/c1-29-21-16-9-10-18(30-22(16)32-23(28)31-21)20-17(24(25,26)27)7-4-8-19(20)34-13-11-33(12-14-34)15-5-2-3-6-15/h4,7-10,15H,2-3,5-6,11-14H2,1H3,(H3,28,29,30,31,32). The summed E-state index contributed by atoms with van der Waals surface area (Å²) in [4.78, 5) is 17.4. The Morgan fingerprint density at radius 3 is 2.38 bits per heavy atom. The van der Waals surface area contributed by atoms with Gasteiger partial charge >= 0.3 is 6.18 Å². The second kappa shape index (κ2) is 8.90. The molecule has 0 amide bonds. The summed E-state index contributed by atoms with van der Waals surface area (Å²) >= 11 is 0. The summed E-state index contributed by atoms with van der Waals surface area (Å²) < 4.78 is 42.4. The van der Waals surface area contributed by atoms with Crippen molar-refractivity contribution in [2.45, 2.75) is 37.9 Å². The van der Waals surface area contributed by atoms with E-state index in [-0.39, 0.29) is 22.9 Å². The number of benzene rings is 1. The highest BCUT2D eigenvalue weighted by Gasteiger charge is 2.36. The molecule has 7 nitrogen and oxygen atoms in total. The highest BCUT2D eigenvalue weighted by atomic mass is 19.4. The van der Waals surface area contributed by atoms with Crippen molar-refractivity contribution in [3.63, 3.8) is 0 Å². The Hall–Kier alpha value is -3.14. The summed E-state index contributed by atoms with van der Waals surface area (Å²) in [6.07, 6.45) is 0.443. The van der Waals surface area contributed by atoms with Crippen LogP contribution in [0.2, 0.25) is 0 Å². The quantitative estimate of drug-likeness (QED) is 0.584. The molecule has 2 aliphatic rings. The molecule has 0 bridgehead atoms. The van der Waals surface area contributed by atoms with Crippen molar-refractivity contribution < 1.29 is 13.2 Å². The maximum absolute atomic E-state index is 14.1. The molecule has 0 spiro atoms. The van der Waals surface area contributed by atoms with Crippen LogP contribution in [-0.4, -0.2) is 59.1 Å². The van der Waals surface area contributed by atoms with Crippen LogP contribution in [0.15, 0.2) is 30.3 Å². The van der Waals surface area contributed by atoms with Gasteiger partial charge in [0.05, 0.1) is 16.6 Å². The number of nitrogens with two attached hydrogens (primary N) is 1. The fraction of sp³-hybridized carbons (Fsp3) is 0.458. The third-order valence-corrected chi connectivity index (χ3v) is 6.91. The van der Waals surface area contributed by atoms with Crippen LogP contribution in [0.1, 0.15) is 31.2 Å². The van der Waals surface area contributed by atoms with Gasteiger partial charge in [0.15, 0.2) is 5.65 Å². The summed E-state index contributed by atoms with van der Waals surface area (Å²) in [6, 6.07) is 8.26. The number of alkyl halides is 3. The van der Waals surface area contributed by atoms with Crippen molar-refractivity contribution >= 4 is 28.5 Å². The van der Waals surface area contributed by atoms with Gasteiger partial charge in [0.1, 0.15) is 5.82 Å². The molecule has 1 saturated carbocycles. The van der Waals surface area contributed by atoms with Gasteiger partial charge < -0.3 is 16.0 Å². The minimum absolute atomic E-state index is 0.00821. The number of fused-ring (bicyclic) bond motifs is 1. The Morgan fingerprint density at radius 2 is 1.71 bits per heavy atom. The first-order valence-corrected chi connectivity index (χ1v) is 11.7. The minimum atomic E-state index is -4.52. The van der Waals surface area contributed by atoms with Gasteiger partial charge in [0.2, 0.25) is 5.95 Å². The molecule has 2 fully saturated rings. The summed E-state index contributed by atoms with van der Waals surface area (Å²) in [5.74, 6) is 0.489. The number of nitrogen functional groups attached to an aromatic ring is 1.